The van der Waals surface area contributed by atoms with Crippen LogP contribution >= 0.6 is 15.8 Å². The van der Waals surface area contributed by atoms with Gasteiger partial charge in [0.05, 0.1) is 28.4 Å². The third kappa shape index (κ3) is 11.5. The summed E-state index contributed by atoms with van der Waals surface area (Å²) in [6.07, 6.45) is 4.31. The Bertz CT molecular complexity index is 1450. The van der Waals surface area contributed by atoms with Crippen LogP contribution in [-0.2, 0) is 30.5 Å². The van der Waals surface area contributed by atoms with Gasteiger partial charge in [-0.05, 0) is 42.8 Å². The molecule has 0 atom stereocenters. The predicted octanol–water partition coefficient (Wildman–Crippen LogP) is 6.68. The Labute approximate surface area is 291 Å². The van der Waals surface area contributed by atoms with Crippen molar-refractivity contribution in [3.05, 3.63) is 111 Å². The van der Waals surface area contributed by atoms with Crippen molar-refractivity contribution >= 4 is 47.2 Å². The summed E-state index contributed by atoms with van der Waals surface area (Å²) in [5, 5.41) is 4.81. The van der Waals surface area contributed by atoms with Crippen molar-refractivity contribution in [1.29, 1.82) is 0 Å². The van der Waals surface area contributed by atoms with Gasteiger partial charge in [0.15, 0.2) is 0 Å². The maximum atomic E-state index is 10.7. The van der Waals surface area contributed by atoms with E-state index in [1.54, 1.807) is 28.4 Å². The van der Waals surface area contributed by atoms with E-state index in [1.807, 2.05) is 48.5 Å². The average Bonchev–Trinajstić information content (AvgIpc) is 3.04. The van der Waals surface area contributed by atoms with Gasteiger partial charge in [0.25, 0.3) is 0 Å². The van der Waals surface area contributed by atoms with Crippen LogP contribution in [0, 0.1) is 13.6 Å². The van der Waals surface area contributed by atoms with Crippen molar-refractivity contribution in [2.75, 3.05) is 34.6 Å². The van der Waals surface area contributed by atoms with Gasteiger partial charge in [-0.3, -0.25) is 10.7 Å². The van der Waals surface area contributed by atoms with Crippen LogP contribution in [0.15, 0.2) is 97.1 Å². The number of hydrogen-bond donors (Lipinski definition) is 1. The first-order valence-electron chi connectivity index (χ1n) is 13.4. The third-order valence-corrected chi connectivity index (χ3v) is 12.0. The maximum absolute atomic E-state index is 10.7. The van der Waals surface area contributed by atoms with Crippen molar-refractivity contribution in [1.82, 2.24) is 0 Å². The van der Waals surface area contributed by atoms with E-state index >= 15 is 0 Å². The number of methoxy groups -OCH3 is 4. The zero-order chi connectivity index (χ0) is 33.0. The molecule has 47 heavy (non-hydrogen) atoms. The van der Waals surface area contributed by atoms with E-state index in [2.05, 4.69) is 54.7 Å². The molecular formula is C33H37F3O7P2PdS. The van der Waals surface area contributed by atoms with Gasteiger partial charge in [-0.1, -0.05) is 79.0 Å². The average molecular weight is 803 g/mol. The second-order valence-corrected chi connectivity index (χ2v) is 14.8. The van der Waals surface area contributed by atoms with Crippen LogP contribution < -0.4 is 40.2 Å². The van der Waals surface area contributed by atoms with E-state index in [4.69, 9.17) is 31.9 Å². The fraction of sp³-hybridized carbons (Fsp3) is 0.212. The first-order valence-corrected chi connectivity index (χ1v) is 17.8. The molecule has 4 aromatic rings. The Morgan fingerprint density at radius 2 is 0.915 bits per heavy atom. The van der Waals surface area contributed by atoms with E-state index in [9.17, 15) is 13.2 Å². The van der Waals surface area contributed by atoms with Gasteiger partial charge in [-0.2, -0.15) is 35.9 Å². The van der Waals surface area contributed by atoms with E-state index < -0.39 is 31.5 Å². The molecule has 0 fully saturated rings. The SMILES string of the molecule is COc1ccccc1P([CH-]CCP(c1ccccc1OC)c1ccccc1OC)c1ccccc1OC.O=S(=O)(O)C(F)(F)F.[CH3-].[Pd+2]. The topological polar surface area (TPSA) is 91.3 Å². The van der Waals surface area contributed by atoms with Crippen LogP contribution in [0.5, 0.6) is 23.0 Å². The van der Waals surface area contributed by atoms with Crippen molar-refractivity contribution in [2.45, 2.75) is 11.9 Å². The monoisotopic (exact) mass is 802 g/mol. The van der Waals surface area contributed by atoms with Gasteiger partial charge in [-0.15, -0.1) is 0 Å². The van der Waals surface area contributed by atoms with Gasteiger partial charge >= 0.3 is 36.0 Å². The molecule has 0 bridgehead atoms. The molecule has 258 valence electrons. The quantitative estimate of drug-likeness (QED) is 0.0563. The summed E-state index contributed by atoms with van der Waals surface area (Å²) in [6, 6.07) is 33.2. The molecule has 4 rings (SSSR count). The van der Waals surface area contributed by atoms with Crippen molar-refractivity contribution in [3.63, 3.8) is 0 Å². The van der Waals surface area contributed by atoms with Crippen LogP contribution in [0.1, 0.15) is 6.42 Å². The number of benzene rings is 4. The molecule has 0 aliphatic heterocycles. The predicted molar refractivity (Wildman–Crippen MR) is 182 cm³/mol. The van der Waals surface area contributed by atoms with Crippen molar-refractivity contribution in [3.8, 4) is 23.0 Å². The Balaban J connectivity index is 0.000000982. The normalized spacial score (nSPS) is 11.0. The minimum absolute atomic E-state index is 0. The molecule has 7 nitrogen and oxygen atoms in total. The van der Waals surface area contributed by atoms with Gasteiger partial charge < -0.3 is 26.4 Å². The molecular weight excluding hydrogens is 766 g/mol. The molecule has 0 spiro atoms. The molecule has 0 saturated heterocycles. The second kappa shape index (κ2) is 20.0. The van der Waals surface area contributed by atoms with Gasteiger partial charge in [0, 0.05) is 10.6 Å². The minimum Gasteiger partial charge on any atom is -0.496 e. The minimum atomic E-state index is -5.84. The molecule has 0 heterocycles. The van der Waals surface area contributed by atoms with Crippen LogP contribution in [-0.4, -0.2) is 53.1 Å². The number of alkyl halides is 3. The first kappa shape index (κ1) is 42.3. The molecule has 0 saturated carbocycles. The van der Waals surface area contributed by atoms with Crippen molar-refractivity contribution in [2.24, 2.45) is 0 Å². The van der Waals surface area contributed by atoms with E-state index in [0.717, 1.165) is 35.6 Å². The number of para-hydroxylation sites is 4. The molecule has 0 unspecified atom stereocenters. The van der Waals surface area contributed by atoms with E-state index in [0.29, 0.717) is 0 Å². The zero-order valence-corrected chi connectivity index (χ0v) is 30.5. The molecule has 4 aromatic carbocycles. The van der Waals surface area contributed by atoms with Crippen molar-refractivity contribution < 1.29 is 65.5 Å². The summed E-state index contributed by atoms with van der Waals surface area (Å²) in [7, 11) is -0.446. The summed E-state index contributed by atoms with van der Waals surface area (Å²) >= 11 is 0. The van der Waals surface area contributed by atoms with Crippen LogP contribution in [0.3, 0.4) is 0 Å². The fourth-order valence-corrected chi connectivity index (χ4v) is 9.44. The standard InChI is InChI=1S/C31H33O4P2.CHF3O3S.CH3.Pd/c1-32-24-14-5-9-18-28(24)36(29-19-10-6-15-25(29)33-2)22-13-23-37(30-20-11-7-16-26(30)34-3)31-21-12-8-17-27(31)35-4;2-1(3,4)8(5,6)7;;/h5-12,14-22H,13,23H2,1-4H3;(H,5,6,7);1H3;/q-1;;-1;+2. The summed E-state index contributed by atoms with van der Waals surface area (Å²) < 4.78 is 80.7. The van der Waals surface area contributed by atoms with Gasteiger partial charge in [0.1, 0.15) is 23.0 Å². The number of halogens is 3. The van der Waals surface area contributed by atoms with E-state index in [-0.39, 0.29) is 27.8 Å². The molecule has 1 N–H and O–H groups in total. The molecule has 14 heteroatoms. The summed E-state index contributed by atoms with van der Waals surface area (Å²) in [6.45, 7) is 0. The zero-order valence-electron chi connectivity index (χ0n) is 26.4. The Morgan fingerprint density at radius 3 is 1.21 bits per heavy atom. The summed E-state index contributed by atoms with van der Waals surface area (Å²) in [5.74, 6) is 3.62. The number of ether oxygens (including phenoxy) is 4. The largest absolute Gasteiger partial charge is 2.00 e. The first-order chi connectivity index (χ1) is 21.5. The molecule has 0 aliphatic rings. The number of hydrogen-bond acceptors (Lipinski definition) is 6. The molecule has 0 aliphatic carbocycles. The fourth-order valence-electron chi connectivity index (χ4n) is 4.38. The molecule has 0 amide bonds. The second-order valence-electron chi connectivity index (χ2n) is 9.10. The Kier molecular flexibility index (Phi) is 18.0. The molecule has 0 radical (unpaired) electrons. The summed E-state index contributed by atoms with van der Waals surface area (Å²) in [4.78, 5) is 0. The maximum Gasteiger partial charge on any atom is 2.00 e. The van der Waals surface area contributed by atoms with Gasteiger partial charge in [0.2, 0.25) is 0 Å². The van der Waals surface area contributed by atoms with Crippen LogP contribution in [0.25, 0.3) is 0 Å². The number of rotatable bonds is 12. The Hall–Kier alpha value is -2.70. The Morgan fingerprint density at radius 1 is 0.638 bits per heavy atom. The summed E-state index contributed by atoms with van der Waals surface area (Å²) in [5.41, 5.74) is -5.53. The van der Waals surface area contributed by atoms with Crippen LogP contribution in [0.2, 0.25) is 0 Å². The van der Waals surface area contributed by atoms with Gasteiger partial charge in [-0.25, -0.2) is 0 Å². The molecule has 0 aromatic heterocycles. The third-order valence-electron chi connectivity index (χ3n) is 6.40. The van der Waals surface area contributed by atoms with Crippen LogP contribution in [0.4, 0.5) is 13.2 Å². The smallest absolute Gasteiger partial charge is 0.496 e. The van der Waals surface area contributed by atoms with E-state index in [1.165, 1.54) is 21.2 Å².